The van der Waals surface area contributed by atoms with Crippen molar-refractivity contribution in [3.8, 4) is 5.69 Å². The summed E-state index contributed by atoms with van der Waals surface area (Å²) in [5.41, 5.74) is 0.176. The van der Waals surface area contributed by atoms with Crippen molar-refractivity contribution in [1.29, 1.82) is 0 Å². The number of hydrogen-bond acceptors (Lipinski definition) is 2. The van der Waals surface area contributed by atoms with Crippen LogP contribution in [-0.4, -0.2) is 9.36 Å². The average Bonchev–Trinajstić information content (AvgIpc) is 2.33. The van der Waals surface area contributed by atoms with Gasteiger partial charge in [0.2, 0.25) is 0 Å². The Balaban J connectivity index is 2.74. The van der Waals surface area contributed by atoms with Crippen molar-refractivity contribution in [2.75, 3.05) is 0 Å². The number of rotatable bonds is 2. The van der Waals surface area contributed by atoms with Crippen molar-refractivity contribution in [2.45, 2.75) is 13.5 Å². The molecule has 0 saturated heterocycles. The van der Waals surface area contributed by atoms with Crippen LogP contribution in [0.15, 0.2) is 46.0 Å². The van der Waals surface area contributed by atoms with Gasteiger partial charge in [-0.2, -0.15) is 0 Å². The van der Waals surface area contributed by atoms with Crippen LogP contribution < -0.4 is 11.1 Å². The molecule has 88 valence electrons. The number of aromatic nitrogens is 2. The standard InChI is InChI=1S/C12H11ClN2O2/c1-2-14-11(16)7-8-12(17)15(14)10-5-3-9(13)4-6-10/h3-8H,2H2,1H3. The van der Waals surface area contributed by atoms with Crippen LogP contribution in [0, 0.1) is 0 Å². The van der Waals surface area contributed by atoms with Gasteiger partial charge in [0.1, 0.15) is 0 Å². The number of benzene rings is 1. The Morgan fingerprint density at radius 1 is 1.00 bits per heavy atom. The SMILES string of the molecule is CCn1c(=O)ccc(=O)n1-c1ccc(Cl)cc1. The van der Waals surface area contributed by atoms with E-state index >= 15 is 0 Å². The zero-order valence-corrected chi connectivity index (χ0v) is 10.0. The normalized spacial score (nSPS) is 10.5. The molecule has 2 rings (SSSR count). The minimum atomic E-state index is -0.242. The first kappa shape index (κ1) is 11.7. The molecule has 0 saturated carbocycles. The van der Waals surface area contributed by atoms with Gasteiger partial charge in [0.15, 0.2) is 0 Å². The lowest BCUT2D eigenvalue weighted by Crippen LogP contribution is -2.35. The summed E-state index contributed by atoms with van der Waals surface area (Å²) in [7, 11) is 0. The van der Waals surface area contributed by atoms with E-state index in [1.165, 1.54) is 21.5 Å². The van der Waals surface area contributed by atoms with Gasteiger partial charge in [0, 0.05) is 23.7 Å². The van der Waals surface area contributed by atoms with Crippen molar-refractivity contribution in [3.63, 3.8) is 0 Å². The summed E-state index contributed by atoms with van der Waals surface area (Å²) in [4.78, 5) is 23.4. The topological polar surface area (TPSA) is 44.0 Å². The van der Waals surface area contributed by atoms with Gasteiger partial charge < -0.3 is 0 Å². The van der Waals surface area contributed by atoms with Crippen molar-refractivity contribution in [2.24, 2.45) is 0 Å². The largest absolute Gasteiger partial charge is 0.270 e. The first-order valence-corrected chi connectivity index (χ1v) is 5.60. The van der Waals surface area contributed by atoms with Gasteiger partial charge in [-0.25, -0.2) is 9.36 Å². The highest BCUT2D eigenvalue weighted by Gasteiger charge is 2.05. The molecule has 2 aromatic rings. The molecule has 0 aliphatic carbocycles. The van der Waals surface area contributed by atoms with Crippen LogP contribution >= 0.6 is 11.6 Å². The van der Waals surface area contributed by atoms with E-state index in [0.717, 1.165) is 0 Å². The maximum Gasteiger partial charge on any atom is 0.270 e. The quantitative estimate of drug-likeness (QED) is 0.814. The van der Waals surface area contributed by atoms with Crippen LogP contribution in [0.5, 0.6) is 0 Å². The fraction of sp³-hybridized carbons (Fsp3) is 0.167. The van der Waals surface area contributed by atoms with E-state index in [1.54, 1.807) is 24.3 Å². The van der Waals surface area contributed by atoms with Gasteiger partial charge in [0.25, 0.3) is 11.1 Å². The maximum absolute atomic E-state index is 11.8. The van der Waals surface area contributed by atoms with Gasteiger partial charge in [0.05, 0.1) is 5.69 Å². The van der Waals surface area contributed by atoms with Gasteiger partial charge in [-0.3, -0.25) is 9.59 Å². The smallest absolute Gasteiger partial charge is 0.268 e. The molecule has 0 unspecified atom stereocenters. The molecular formula is C12H11ClN2O2. The monoisotopic (exact) mass is 250 g/mol. The van der Waals surface area contributed by atoms with Crippen molar-refractivity contribution < 1.29 is 0 Å². The molecule has 0 aliphatic heterocycles. The Morgan fingerprint density at radius 3 is 2.18 bits per heavy atom. The second-order valence-corrected chi connectivity index (χ2v) is 3.95. The van der Waals surface area contributed by atoms with Gasteiger partial charge in [-0.15, -0.1) is 0 Å². The first-order chi connectivity index (χ1) is 8.13. The Bertz CT molecular complexity index is 641. The predicted octanol–water partition coefficient (Wildman–Crippen LogP) is 1.67. The van der Waals surface area contributed by atoms with E-state index < -0.39 is 0 Å². The lowest BCUT2D eigenvalue weighted by atomic mass is 10.3. The van der Waals surface area contributed by atoms with Crippen molar-refractivity contribution in [3.05, 3.63) is 62.1 Å². The van der Waals surface area contributed by atoms with E-state index in [0.29, 0.717) is 17.3 Å². The molecule has 1 aromatic heterocycles. The third-order valence-corrected chi connectivity index (χ3v) is 2.70. The summed E-state index contributed by atoms with van der Waals surface area (Å²) >= 11 is 5.79. The molecule has 0 spiro atoms. The molecule has 5 heteroatoms. The lowest BCUT2D eigenvalue weighted by molar-refractivity contribution is 0.530. The Kier molecular flexibility index (Phi) is 3.15. The van der Waals surface area contributed by atoms with E-state index in [2.05, 4.69) is 0 Å². The second kappa shape index (κ2) is 4.59. The van der Waals surface area contributed by atoms with Crippen LogP contribution in [0.25, 0.3) is 5.69 Å². The number of nitrogens with zero attached hydrogens (tertiary/aromatic N) is 2. The van der Waals surface area contributed by atoms with Gasteiger partial charge >= 0.3 is 0 Å². The third-order valence-electron chi connectivity index (χ3n) is 2.44. The Hall–Kier alpha value is -1.81. The third kappa shape index (κ3) is 2.17. The average molecular weight is 251 g/mol. The van der Waals surface area contributed by atoms with E-state index in [9.17, 15) is 9.59 Å². The summed E-state index contributed by atoms with van der Waals surface area (Å²) in [5, 5.41) is 0.586. The van der Waals surface area contributed by atoms with Gasteiger partial charge in [-0.05, 0) is 31.2 Å². The molecule has 1 aromatic carbocycles. The molecule has 0 atom stereocenters. The molecule has 1 heterocycles. The summed E-state index contributed by atoms with van der Waals surface area (Å²) < 4.78 is 2.73. The van der Waals surface area contributed by atoms with Crippen LogP contribution in [0.4, 0.5) is 0 Å². The molecule has 17 heavy (non-hydrogen) atoms. The van der Waals surface area contributed by atoms with Crippen molar-refractivity contribution >= 4 is 11.6 Å². The zero-order chi connectivity index (χ0) is 12.4. The molecule has 0 radical (unpaired) electrons. The van der Waals surface area contributed by atoms with E-state index in [4.69, 9.17) is 11.6 Å². The van der Waals surface area contributed by atoms with E-state index in [1.807, 2.05) is 6.92 Å². The highest BCUT2D eigenvalue weighted by atomic mass is 35.5. The highest BCUT2D eigenvalue weighted by molar-refractivity contribution is 6.30. The highest BCUT2D eigenvalue weighted by Crippen LogP contribution is 2.11. The maximum atomic E-state index is 11.8. The minimum absolute atomic E-state index is 0.206. The van der Waals surface area contributed by atoms with Crippen LogP contribution in [0.2, 0.25) is 5.02 Å². The van der Waals surface area contributed by atoms with Crippen molar-refractivity contribution in [1.82, 2.24) is 9.36 Å². The molecular weight excluding hydrogens is 240 g/mol. The Labute approximate surface area is 103 Å². The predicted molar refractivity (Wildman–Crippen MR) is 67.0 cm³/mol. The summed E-state index contributed by atoms with van der Waals surface area (Å²) in [6.45, 7) is 2.24. The zero-order valence-electron chi connectivity index (χ0n) is 9.26. The van der Waals surface area contributed by atoms with Gasteiger partial charge in [-0.1, -0.05) is 11.6 Å². The summed E-state index contributed by atoms with van der Waals surface area (Å²) in [6, 6.07) is 9.31. The second-order valence-electron chi connectivity index (χ2n) is 3.51. The minimum Gasteiger partial charge on any atom is -0.268 e. The Morgan fingerprint density at radius 2 is 1.59 bits per heavy atom. The fourth-order valence-corrected chi connectivity index (χ4v) is 1.79. The summed E-state index contributed by atoms with van der Waals surface area (Å²) in [5.74, 6) is 0. The number of hydrogen-bond donors (Lipinski definition) is 0. The first-order valence-electron chi connectivity index (χ1n) is 5.22. The van der Waals surface area contributed by atoms with Crippen LogP contribution in [0.1, 0.15) is 6.92 Å². The lowest BCUT2D eigenvalue weighted by Gasteiger charge is -2.13. The van der Waals surface area contributed by atoms with E-state index in [-0.39, 0.29) is 11.1 Å². The van der Waals surface area contributed by atoms with Crippen LogP contribution in [-0.2, 0) is 6.54 Å². The molecule has 0 bridgehead atoms. The number of halogens is 1. The molecule has 0 amide bonds. The molecule has 0 N–H and O–H groups in total. The molecule has 0 aliphatic rings. The summed E-state index contributed by atoms with van der Waals surface area (Å²) in [6.07, 6.45) is 0. The fourth-order valence-electron chi connectivity index (χ4n) is 1.66. The molecule has 0 fully saturated rings. The molecule has 4 nitrogen and oxygen atoms in total. The van der Waals surface area contributed by atoms with Crippen LogP contribution in [0.3, 0.4) is 0 Å².